The molecule has 1 atom stereocenters. The number of nitrogens with zero attached hydrogens (tertiary/aromatic N) is 3. The summed E-state index contributed by atoms with van der Waals surface area (Å²) < 4.78 is 31.0. The first kappa shape index (κ1) is 19.7. The van der Waals surface area contributed by atoms with Crippen LogP contribution in [0.4, 0.5) is 0 Å². The highest BCUT2D eigenvalue weighted by Gasteiger charge is 2.37. The standard InChI is InChI=1S/C18H22ClN3O4S/c1-20(2)22(13-6-9-27(24,25)12-13)18(23)14-10-15(19)16(11-17(14)26-3)21-7-4-5-8-21/h4-5,7-8,10-11,13H,6,9,12H2,1-3H3. The summed E-state index contributed by atoms with van der Waals surface area (Å²) in [6.45, 7) is 0. The van der Waals surface area contributed by atoms with Gasteiger partial charge in [0.25, 0.3) is 5.91 Å². The van der Waals surface area contributed by atoms with Gasteiger partial charge in [0, 0.05) is 32.6 Å². The van der Waals surface area contributed by atoms with Crippen LogP contribution in [0.2, 0.25) is 5.02 Å². The molecule has 1 saturated heterocycles. The number of amides is 1. The molecule has 1 fully saturated rings. The topological polar surface area (TPSA) is 71.8 Å². The van der Waals surface area contributed by atoms with E-state index in [9.17, 15) is 13.2 Å². The third-order valence-corrected chi connectivity index (χ3v) is 6.63. The zero-order chi connectivity index (χ0) is 19.8. The van der Waals surface area contributed by atoms with Crippen molar-refractivity contribution in [2.75, 3.05) is 32.7 Å². The van der Waals surface area contributed by atoms with Crippen molar-refractivity contribution < 1.29 is 17.9 Å². The van der Waals surface area contributed by atoms with Crippen LogP contribution in [0.5, 0.6) is 5.75 Å². The molecule has 0 bridgehead atoms. The molecule has 0 N–H and O–H groups in total. The molecule has 2 aromatic rings. The molecule has 2 heterocycles. The van der Waals surface area contributed by atoms with Crippen molar-refractivity contribution in [3.05, 3.63) is 47.2 Å². The first-order valence-corrected chi connectivity index (χ1v) is 10.7. The molecule has 1 unspecified atom stereocenters. The highest BCUT2D eigenvalue weighted by Crippen LogP contribution is 2.32. The van der Waals surface area contributed by atoms with Gasteiger partial charge in [0.15, 0.2) is 9.84 Å². The van der Waals surface area contributed by atoms with Gasteiger partial charge in [-0.1, -0.05) is 11.6 Å². The van der Waals surface area contributed by atoms with E-state index in [0.717, 1.165) is 0 Å². The number of halogens is 1. The van der Waals surface area contributed by atoms with Crippen molar-refractivity contribution in [1.29, 1.82) is 0 Å². The quantitative estimate of drug-likeness (QED) is 0.705. The lowest BCUT2D eigenvalue weighted by atomic mass is 10.1. The van der Waals surface area contributed by atoms with Crippen LogP contribution < -0.4 is 4.74 Å². The van der Waals surface area contributed by atoms with Crippen molar-refractivity contribution in [2.45, 2.75) is 12.5 Å². The molecule has 0 spiro atoms. The van der Waals surface area contributed by atoms with Crippen LogP contribution in [-0.4, -0.2) is 67.7 Å². The monoisotopic (exact) mass is 411 g/mol. The van der Waals surface area contributed by atoms with Crippen LogP contribution in [0.1, 0.15) is 16.8 Å². The number of carbonyl (C=O) groups excluding carboxylic acids is 1. The van der Waals surface area contributed by atoms with Gasteiger partial charge in [0.2, 0.25) is 0 Å². The largest absolute Gasteiger partial charge is 0.496 e. The van der Waals surface area contributed by atoms with E-state index in [0.29, 0.717) is 22.9 Å². The van der Waals surface area contributed by atoms with Gasteiger partial charge >= 0.3 is 0 Å². The second-order valence-electron chi connectivity index (χ2n) is 6.65. The average Bonchev–Trinajstić information content (AvgIpc) is 3.24. The maximum atomic E-state index is 13.3. The fourth-order valence-corrected chi connectivity index (χ4v) is 5.29. The summed E-state index contributed by atoms with van der Waals surface area (Å²) in [6, 6.07) is 6.60. The normalized spacial score (nSPS) is 18.6. The fourth-order valence-electron chi connectivity index (χ4n) is 3.34. The van der Waals surface area contributed by atoms with E-state index >= 15 is 0 Å². The number of aromatic nitrogens is 1. The van der Waals surface area contributed by atoms with E-state index in [2.05, 4.69) is 0 Å². The number of sulfone groups is 1. The Hall–Kier alpha value is -2.03. The van der Waals surface area contributed by atoms with Gasteiger partial charge in [-0.15, -0.1) is 0 Å². The number of hydrazine groups is 1. The summed E-state index contributed by atoms with van der Waals surface area (Å²) in [5.41, 5.74) is 0.978. The molecule has 1 aliphatic heterocycles. The number of hydrogen-bond donors (Lipinski definition) is 0. The van der Waals surface area contributed by atoms with Crippen LogP contribution in [0.25, 0.3) is 5.69 Å². The Morgan fingerprint density at radius 3 is 2.44 bits per heavy atom. The van der Waals surface area contributed by atoms with E-state index in [-0.39, 0.29) is 23.0 Å². The molecule has 1 amide bonds. The summed E-state index contributed by atoms with van der Waals surface area (Å²) in [5, 5.41) is 3.47. The summed E-state index contributed by atoms with van der Waals surface area (Å²) >= 11 is 6.43. The summed E-state index contributed by atoms with van der Waals surface area (Å²) in [6.07, 6.45) is 4.10. The Labute approximate surface area is 164 Å². The van der Waals surface area contributed by atoms with E-state index in [1.54, 1.807) is 31.2 Å². The van der Waals surface area contributed by atoms with Crippen molar-refractivity contribution in [3.63, 3.8) is 0 Å². The maximum absolute atomic E-state index is 13.3. The van der Waals surface area contributed by atoms with Crippen LogP contribution in [0, 0.1) is 0 Å². The molecule has 146 valence electrons. The molecule has 0 radical (unpaired) electrons. The SMILES string of the molecule is COc1cc(-n2cccc2)c(Cl)cc1C(=O)N(C1CCS(=O)(=O)C1)N(C)C. The molecule has 0 aliphatic carbocycles. The van der Waals surface area contributed by atoms with Crippen LogP contribution >= 0.6 is 11.6 Å². The molecule has 9 heteroatoms. The summed E-state index contributed by atoms with van der Waals surface area (Å²) in [5.74, 6) is 0.0643. The first-order chi connectivity index (χ1) is 12.7. The second-order valence-corrected chi connectivity index (χ2v) is 9.28. The average molecular weight is 412 g/mol. The zero-order valence-electron chi connectivity index (χ0n) is 15.4. The lowest BCUT2D eigenvalue weighted by Crippen LogP contribution is -2.49. The molecule has 27 heavy (non-hydrogen) atoms. The highest BCUT2D eigenvalue weighted by atomic mass is 35.5. The second kappa shape index (κ2) is 7.53. The molecule has 0 saturated carbocycles. The number of carbonyl (C=O) groups is 1. The van der Waals surface area contributed by atoms with Crippen LogP contribution in [-0.2, 0) is 9.84 Å². The smallest absolute Gasteiger partial charge is 0.272 e. The van der Waals surface area contributed by atoms with Crippen LogP contribution in [0.3, 0.4) is 0 Å². The lowest BCUT2D eigenvalue weighted by Gasteiger charge is -2.34. The van der Waals surface area contributed by atoms with Crippen molar-refractivity contribution in [1.82, 2.24) is 14.6 Å². The number of ether oxygens (including phenoxy) is 1. The van der Waals surface area contributed by atoms with E-state index in [1.165, 1.54) is 12.1 Å². The number of rotatable bonds is 5. The molecule has 1 aromatic heterocycles. The number of methoxy groups -OCH3 is 1. The lowest BCUT2D eigenvalue weighted by molar-refractivity contribution is 0.000766. The zero-order valence-corrected chi connectivity index (χ0v) is 17.0. The number of hydrogen-bond acceptors (Lipinski definition) is 5. The minimum atomic E-state index is -3.13. The predicted octanol–water partition coefficient (Wildman–Crippen LogP) is 2.25. The van der Waals surface area contributed by atoms with E-state index < -0.39 is 15.9 Å². The Kier molecular flexibility index (Phi) is 5.50. The predicted molar refractivity (Wildman–Crippen MR) is 104 cm³/mol. The van der Waals surface area contributed by atoms with Gasteiger partial charge < -0.3 is 9.30 Å². The third kappa shape index (κ3) is 3.97. The number of benzene rings is 1. The van der Waals surface area contributed by atoms with Crippen LogP contribution in [0.15, 0.2) is 36.7 Å². The fraction of sp³-hybridized carbons (Fsp3) is 0.389. The van der Waals surface area contributed by atoms with Gasteiger partial charge in [-0.25, -0.2) is 13.4 Å². The Morgan fingerprint density at radius 2 is 1.93 bits per heavy atom. The summed E-state index contributed by atoms with van der Waals surface area (Å²) in [4.78, 5) is 13.3. The molecule has 1 aromatic carbocycles. The van der Waals surface area contributed by atoms with Gasteiger partial charge in [-0.2, -0.15) is 0 Å². The highest BCUT2D eigenvalue weighted by molar-refractivity contribution is 7.91. The van der Waals surface area contributed by atoms with E-state index in [4.69, 9.17) is 16.3 Å². The van der Waals surface area contributed by atoms with Crippen molar-refractivity contribution in [2.24, 2.45) is 0 Å². The van der Waals surface area contributed by atoms with Gasteiger partial charge in [0.05, 0.1) is 40.9 Å². The van der Waals surface area contributed by atoms with Crippen molar-refractivity contribution >= 4 is 27.3 Å². The molecular weight excluding hydrogens is 390 g/mol. The summed E-state index contributed by atoms with van der Waals surface area (Å²) in [7, 11) is 1.78. The Balaban J connectivity index is 2.00. The third-order valence-electron chi connectivity index (χ3n) is 4.58. The Morgan fingerprint density at radius 1 is 1.26 bits per heavy atom. The maximum Gasteiger partial charge on any atom is 0.272 e. The van der Waals surface area contributed by atoms with Crippen molar-refractivity contribution in [3.8, 4) is 11.4 Å². The minimum absolute atomic E-state index is 0.0472. The molecule has 1 aliphatic rings. The molecule has 3 rings (SSSR count). The minimum Gasteiger partial charge on any atom is -0.496 e. The first-order valence-electron chi connectivity index (χ1n) is 8.45. The van der Waals surface area contributed by atoms with Gasteiger partial charge in [-0.05, 0) is 24.6 Å². The molecular formula is C18H22ClN3O4S. The van der Waals surface area contributed by atoms with Gasteiger partial charge in [-0.3, -0.25) is 9.80 Å². The van der Waals surface area contributed by atoms with Gasteiger partial charge in [0.1, 0.15) is 5.75 Å². The Bertz CT molecular complexity index is 942. The van der Waals surface area contributed by atoms with E-state index in [1.807, 2.05) is 29.1 Å². The molecule has 7 nitrogen and oxygen atoms in total.